The molecule has 4 heteroatoms. The Morgan fingerprint density at radius 1 is 1.53 bits per heavy atom. The van der Waals surface area contributed by atoms with Gasteiger partial charge in [0.05, 0.1) is 12.0 Å². The third kappa shape index (κ3) is 2.14. The van der Waals surface area contributed by atoms with Crippen LogP contribution < -0.4 is 0 Å². The Hall–Kier alpha value is -1.42. The number of carbonyl (C=O) groups is 2. The van der Waals surface area contributed by atoms with Crippen molar-refractivity contribution in [2.45, 2.75) is 39.7 Å². The van der Waals surface area contributed by atoms with Crippen LogP contribution in [0.15, 0.2) is 23.3 Å². The van der Waals surface area contributed by atoms with Gasteiger partial charge in [-0.3, -0.25) is 9.59 Å². The molecule has 0 spiro atoms. The van der Waals surface area contributed by atoms with Crippen molar-refractivity contribution in [2.75, 3.05) is 0 Å². The van der Waals surface area contributed by atoms with Gasteiger partial charge in [0, 0.05) is 11.3 Å². The Morgan fingerprint density at radius 3 is 2.74 bits per heavy atom. The lowest BCUT2D eigenvalue weighted by Crippen LogP contribution is -2.44. The molecule has 2 N–H and O–H groups in total. The van der Waals surface area contributed by atoms with Gasteiger partial charge in [0.1, 0.15) is 0 Å². The van der Waals surface area contributed by atoms with Crippen LogP contribution >= 0.6 is 0 Å². The van der Waals surface area contributed by atoms with Gasteiger partial charge in [0.25, 0.3) is 0 Å². The predicted octanol–water partition coefficient (Wildman–Crippen LogP) is 1.94. The van der Waals surface area contributed by atoms with E-state index in [9.17, 15) is 14.7 Å². The van der Waals surface area contributed by atoms with Gasteiger partial charge >= 0.3 is 5.97 Å². The summed E-state index contributed by atoms with van der Waals surface area (Å²) in [5.74, 6) is -1.92. The maximum absolute atomic E-state index is 11.8. The summed E-state index contributed by atoms with van der Waals surface area (Å²) in [5.41, 5.74) is 0.968. The van der Waals surface area contributed by atoms with Gasteiger partial charge in [-0.05, 0) is 37.0 Å². The highest BCUT2D eigenvalue weighted by Gasteiger charge is 2.46. The number of hydrogen-bond donors (Lipinski definition) is 2. The lowest BCUT2D eigenvalue weighted by atomic mass is 9.61. The van der Waals surface area contributed by atoms with Crippen molar-refractivity contribution in [3.63, 3.8) is 0 Å². The highest BCUT2D eigenvalue weighted by molar-refractivity contribution is 6.05. The number of fused-ring (bicyclic) bond motifs is 1. The highest BCUT2D eigenvalue weighted by Crippen LogP contribution is 2.49. The van der Waals surface area contributed by atoms with Crippen molar-refractivity contribution in [3.05, 3.63) is 23.3 Å². The Bertz CT molecular complexity index is 488. The molecule has 1 fully saturated rings. The molecule has 0 aliphatic heterocycles. The predicted molar refractivity (Wildman–Crippen MR) is 70.5 cm³/mol. The summed E-state index contributed by atoms with van der Waals surface area (Å²) < 4.78 is 0. The highest BCUT2D eigenvalue weighted by atomic mass is 16.4. The number of allylic oxidation sites excluding steroid dienone is 3. The molecule has 0 heterocycles. The van der Waals surface area contributed by atoms with E-state index in [1.165, 1.54) is 0 Å². The molecular formula is C15H20O4. The van der Waals surface area contributed by atoms with Crippen LogP contribution in [0, 0.1) is 17.3 Å². The van der Waals surface area contributed by atoms with E-state index in [1.807, 2.05) is 13.0 Å². The standard InChI is InChI=1S/C15H20O4/c1-8(14(18)19)10-4-6-15(3)7-5-11(16)9(2)12(15)13(10)17/h5,7-8,10,13,17H,4,6H2,1-3H3,(H,18,19)/t8?,10-,13-,15-/m0/s1. The van der Waals surface area contributed by atoms with Crippen LogP contribution in [-0.4, -0.2) is 28.1 Å². The third-order valence-electron chi connectivity index (χ3n) is 4.72. The molecule has 0 radical (unpaired) electrons. The average Bonchev–Trinajstić information content (AvgIpc) is 2.34. The van der Waals surface area contributed by atoms with E-state index in [1.54, 1.807) is 19.9 Å². The molecule has 2 rings (SSSR count). The zero-order valence-corrected chi connectivity index (χ0v) is 11.5. The Kier molecular flexibility index (Phi) is 3.39. The fourth-order valence-corrected chi connectivity index (χ4v) is 3.36. The van der Waals surface area contributed by atoms with Crippen molar-refractivity contribution >= 4 is 11.8 Å². The van der Waals surface area contributed by atoms with E-state index in [0.717, 1.165) is 6.42 Å². The Balaban J connectivity index is 2.41. The molecule has 4 nitrogen and oxygen atoms in total. The number of hydrogen-bond acceptors (Lipinski definition) is 3. The molecule has 0 aromatic rings. The second-order valence-electron chi connectivity index (χ2n) is 5.93. The van der Waals surface area contributed by atoms with E-state index in [0.29, 0.717) is 17.6 Å². The molecule has 2 aliphatic rings. The molecule has 0 bridgehead atoms. The smallest absolute Gasteiger partial charge is 0.306 e. The number of carboxylic acids is 1. The number of aliphatic hydroxyl groups is 1. The minimum atomic E-state index is -0.899. The molecule has 4 atom stereocenters. The summed E-state index contributed by atoms with van der Waals surface area (Å²) in [5, 5.41) is 19.7. The van der Waals surface area contributed by atoms with Gasteiger partial charge in [-0.2, -0.15) is 0 Å². The number of aliphatic hydroxyl groups excluding tert-OH is 1. The van der Waals surface area contributed by atoms with Gasteiger partial charge in [0.2, 0.25) is 0 Å². The zero-order chi connectivity index (χ0) is 14.4. The average molecular weight is 264 g/mol. The van der Waals surface area contributed by atoms with Crippen LogP contribution in [0.3, 0.4) is 0 Å². The number of carboxylic acid groups (broad SMARTS) is 1. The van der Waals surface area contributed by atoms with E-state index in [-0.39, 0.29) is 17.1 Å². The van der Waals surface area contributed by atoms with E-state index in [4.69, 9.17) is 5.11 Å². The second-order valence-corrected chi connectivity index (χ2v) is 5.93. The van der Waals surface area contributed by atoms with Crippen molar-refractivity contribution in [1.82, 2.24) is 0 Å². The fraction of sp³-hybridized carbons (Fsp3) is 0.600. The number of aliphatic carboxylic acids is 1. The first-order valence-corrected chi connectivity index (χ1v) is 6.63. The quantitative estimate of drug-likeness (QED) is 0.799. The molecule has 19 heavy (non-hydrogen) atoms. The summed E-state index contributed by atoms with van der Waals surface area (Å²) >= 11 is 0. The molecule has 2 aliphatic carbocycles. The molecule has 0 aromatic carbocycles. The molecule has 1 unspecified atom stereocenters. The normalized spacial score (nSPS) is 36.1. The lowest BCUT2D eigenvalue weighted by molar-refractivity contribution is -0.145. The van der Waals surface area contributed by atoms with Gasteiger partial charge < -0.3 is 10.2 Å². The minimum absolute atomic E-state index is 0.0878. The number of ketones is 1. The number of rotatable bonds is 2. The van der Waals surface area contributed by atoms with E-state index >= 15 is 0 Å². The van der Waals surface area contributed by atoms with Crippen LogP contribution in [0.2, 0.25) is 0 Å². The summed E-state index contributed by atoms with van der Waals surface area (Å²) in [4.78, 5) is 22.9. The maximum atomic E-state index is 11.8. The molecule has 1 saturated carbocycles. The van der Waals surface area contributed by atoms with Crippen molar-refractivity contribution in [3.8, 4) is 0 Å². The fourth-order valence-electron chi connectivity index (χ4n) is 3.36. The first-order chi connectivity index (χ1) is 8.78. The van der Waals surface area contributed by atoms with Gasteiger partial charge in [-0.25, -0.2) is 0 Å². The Morgan fingerprint density at radius 2 is 2.16 bits per heavy atom. The van der Waals surface area contributed by atoms with Gasteiger partial charge in [0.15, 0.2) is 5.78 Å². The van der Waals surface area contributed by atoms with Crippen LogP contribution in [0.4, 0.5) is 0 Å². The van der Waals surface area contributed by atoms with Crippen molar-refractivity contribution < 1.29 is 19.8 Å². The molecule has 0 saturated heterocycles. The first kappa shape index (κ1) is 14.0. The maximum Gasteiger partial charge on any atom is 0.306 e. The topological polar surface area (TPSA) is 74.6 Å². The summed E-state index contributed by atoms with van der Waals surface area (Å²) in [7, 11) is 0. The van der Waals surface area contributed by atoms with E-state index < -0.39 is 18.0 Å². The molecule has 0 amide bonds. The molecule has 104 valence electrons. The SMILES string of the molecule is CC1=C2[C@@H](O)[C@H](C(C)C(=O)O)CC[C@@]2(C)C=CC1=O. The van der Waals surface area contributed by atoms with Crippen molar-refractivity contribution in [2.24, 2.45) is 17.3 Å². The minimum Gasteiger partial charge on any atom is -0.481 e. The van der Waals surface area contributed by atoms with Crippen LogP contribution in [0.1, 0.15) is 33.6 Å². The lowest BCUT2D eigenvalue weighted by Gasteiger charge is -2.45. The van der Waals surface area contributed by atoms with Gasteiger partial charge in [-0.15, -0.1) is 0 Å². The van der Waals surface area contributed by atoms with Crippen LogP contribution in [0.25, 0.3) is 0 Å². The van der Waals surface area contributed by atoms with Crippen molar-refractivity contribution in [1.29, 1.82) is 0 Å². The van der Waals surface area contributed by atoms with Crippen LogP contribution in [-0.2, 0) is 9.59 Å². The first-order valence-electron chi connectivity index (χ1n) is 6.63. The monoisotopic (exact) mass is 264 g/mol. The van der Waals surface area contributed by atoms with Crippen LogP contribution in [0.5, 0.6) is 0 Å². The molecular weight excluding hydrogens is 244 g/mol. The Labute approximate surface area is 112 Å². The zero-order valence-electron chi connectivity index (χ0n) is 11.5. The van der Waals surface area contributed by atoms with E-state index in [2.05, 4.69) is 0 Å². The summed E-state index contributed by atoms with van der Waals surface area (Å²) in [6.45, 7) is 5.34. The third-order valence-corrected chi connectivity index (χ3v) is 4.72. The largest absolute Gasteiger partial charge is 0.481 e. The number of carbonyl (C=O) groups excluding carboxylic acids is 1. The van der Waals surface area contributed by atoms with Gasteiger partial charge in [-0.1, -0.05) is 19.9 Å². The summed E-state index contributed by atoms with van der Waals surface area (Å²) in [6, 6.07) is 0. The summed E-state index contributed by atoms with van der Waals surface area (Å²) in [6.07, 6.45) is 3.98. The second kappa shape index (κ2) is 4.60. The molecule has 0 aromatic heterocycles.